The summed E-state index contributed by atoms with van der Waals surface area (Å²) >= 11 is 20.7. The third kappa shape index (κ3) is 5.92. The number of thioether (sulfide) groups is 1. The first-order valence-corrected chi connectivity index (χ1v) is 10.8. The largest absolute Gasteiger partial charge is 0.336 e. The lowest BCUT2D eigenvalue weighted by molar-refractivity contribution is 0.495. The molecule has 3 rings (SSSR count). The lowest BCUT2D eigenvalue weighted by Crippen LogP contribution is -2.27. The zero-order valence-corrected chi connectivity index (χ0v) is 18.1. The molecule has 3 aromatic rings. The van der Waals surface area contributed by atoms with Gasteiger partial charge in [-0.2, -0.15) is 0 Å². The number of aromatic nitrogens is 2. The van der Waals surface area contributed by atoms with E-state index in [1.807, 2.05) is 66.9 Å². The van der Waals surface area contributed by atoms with E-state index < -0.39 is 0 Å². The van der Waals surface area contributed by atoms with Crippen molar-refractivity contribution in [2.45, 2.75) is 36.8 Å². The van der Waals surface area contributed by atoms with E-state index in [4.69, 9.17) is 34.8 Å². The van der Waals surface area contributed by atoms with Crippen molar-refractivity contribution >= 4 is 46.6 Å². The van der Waals surface area contributed by atoms with Gasteiger partial charge in [0, 0.05) is 44.5 Å². The van der Waals surface area contributed by atoms with E-state index in [2.05, 4.69) is 22.5 Å². The number of hydrogen-bond donors (Lipinski definition) is 0. The molecular formula is C21H21Cl3N2S. The molecule has 0 radical (unpaired) electrons. The van der Waals surface area contributed by atoms with Crippen LogP contribution in [0.5, 0.6) is 0 Å². The molecule has 1 aromatic heterocycles. The lowest BCUT2D eigenvalue weighted by Gasteiger charge is -2.30. The third-order valence-corrected chi connectivity index (χ3v) is 6.99. The van der Waals surface area contributed by atoms with Crippen molar-refractivity contribution in [1.82, 2.24) is 9.55 Å². The van der Waals surface area contributed by atoms with Gasteiger partial charge in [0.25, 0.3) is 0 Å². The van der Waals surface area contributed by atoms with Crippen molar-refractivity contribution in [3.05, 3.63) is 87.4 Å². The maximum Gasteiger partial charge on any atom is 0.0946 e. The molecule has 1 heterocycles. The van der Waals surface area contributed by atoms with E-state index in [0.29, 0.717) is 5.02 Å². The molecule has 2 nitrogen and oxygen atoms in total. The fourth-order valence-corrected chi connectivity index (χ4v) is 4.98. The summed E-state index contributed by atoms with van der Waals surface area (Å²) < 4.78 is 2.13. The Labute approximate surface area is 179 Å². The Kier molecular flexibility index (Phi) is 7.16. The minimum atomic E-state index is 0.00281. The van der Waals surface area contributed by atoms with Gasteiger partial charge in [0.2, 0.25) is 0 Å². The lowest BCUT2D eigenvalue weighted by atomic mass is 10.00. The highest BCUT2D eigenvalue weighted by Gasteiger charge is 2.26. The van der Waals surface area contributed by atoms with Gasteiger partial charge in [0.15, 0.2) is 0 Å². The second-order valence-electron chi connectivity index (χ2n) is 6.80. The summed E-state index contributed by atoms with van der Waals surface area (Å²) in [6, 6.07) is 13.7. The molecule has 142 valence electrons. The average molecular weight is 440 g/mol. The van der Waals surface area contributed by atoms with E-state index in [1.165, 1.54) is 0 Å². The Balaban J connectivity index is 1.73. The molecule has 2 aromatic carbocycles. The first-order chi connectivity index (χ1) is 13.0. The summed E-state index contributed by atoms with van der Waals surface area (Å²) in [6.07, 6.45) is 7.54. The summed E-state index contributed by atoms with van der Waals surface area (Å²) in [5.41, 5.74) is 2.28. The second kappa shape index (κ2) is 9.38. The Morgan fingerprint density at radius 1 is 1.04 bits per heavy atom. The number of rotatable bonds is 8. The Morgan fingerprint density at radius 3 is 2.56 bits per heavy atom. The van der Waals surface area contributed by atoms with Crippen molar-refractivity contribution in [2.24, 2.45) is 0 Å². The maximum absolute atomic E-state index is 6.37. The maximum atomic E-state index is 6.37. The number of benzene rings is 2. The van der Waals surface area contributed by atoms with Crippen LogP contribution in [-0.4, -0.2) is 14.3 Å². The minimum absolute atomic E-state index is 0.00281. The van der Waals surface area contributed by atoms with Crippen molar-refractivity contribution in [3.8, 4) is 0 Å². The molecule has 0 saturated carbocycles. The molecule has 0 bridgehead atoms. The molecule has 0 N–H and O–H groups in total. The van der Waals surface area contributed by atoms with Crippen molar-refractivity contribution in [2.75, 3.05) is 0 Å². The first-order valence-electron chi connectivity index (χ1n) is 8.72. The minimum Gasteiger partial charge on any atom is -0.336 e. The van der Waals surface area contributed by atoms with Gasteiger partial charge in [-0.15, -0.1) is 11.8 Å². The molecule has 0 amide bonds. The molecule has 1 atom stereocenters. The SMILES string of the molecule is CC(CCc1ccc(Cl)cc1Cl)(Cn1ccnc1)SCc1ccccc1Cl. The van der Waals surface area contributed by atoms with Crippen molar-refractivity contribution in [1.29, 1.82) is 0 Å². The smallest absolute Gasteiger partial charge is 0.0946 e. The topological polar surface area (TPSA) is 17.8 Å². The van der Waals surface area contributed by atoms with Gasteiger partial charge in [-0.05, 0) is 49.1 Å². The Morgan fingerprint density at radius 2 is 1.85 bits per heavy atom. The second-order valence-corrected chi connectivity index (χ2v) is 9.61. The van der Waals surface area contributed by atoms with Crippen LogP contribution in [0.3, 0.4) is 0 Å². The van der Waals surface area contributed by atoms with Crippen LogP contribution in [0.2, 0.25) is 15.1 Å². The normalized spacial score (nSPS) is 13.5. The number of hydrogen-bond acceptors (Lipinski definition) is 2. The van der Waals surface area contributed by atoms with Gasteiger partial charge < -0.3 is 4.57 Å². The standard InChI is InChI=1S/C21H21Cl3N2S/c1-21(14-26-11-10-25-15-26,27-13-17-4-2-3-5-19(17)23)9-8-16-6-7-18(22)12-20(16)24/h2-7,10-12,15H,8-9,13-14H2,1H3. The number of imidazole rings is 1. The van der Waals surface area contributed by atoms with Crippen molar-refractivity contribution < 1.29 is 0 Å². The van der Waals surface area contributed by atoms with Crippen LogP contribution in [0, 0.1) is 0 Å². The van der Waals surface area contributed by atoms with Gasteiger partial charge in [0.05, 0.1) is 6.33 Å². The fraction of sp³-hybridized carbons (Fsp3) is 0.286. The predicted octanol–water partition coefficient (Wildman–Crippen LogP) is 7.17. The van der Waals surface area contributed by atoms with Crippen LogP contribution in [-0.2, 0) is 18.7 Å². The van der Waals surface area contributed by atoms with Gasteiger partial charge in [-0.1, -0.05) is 59.1 Å². The molecule has 27 heavy (non-hydrogen) atoms. The average Bonchev–Trinajstić information content (AvgIpc) is 3.13. The van der Waals surface area contributed by atoms with Crippen molar-refractivity contribution in [3.63, 3.8) is 0 Å². The summed E-state index contributed by atoms with van der Waals surface area (Å²) in [7, 11) is 0. The van der Waals surface area contributed by atoms with Crippen LogP contribution in [0.1, 0.15) is 24.5 Å². The zero-order valence-electron chi connectivity index (χ0n) is 15.0. The van der Waals surface area contributed by atoms with Crippen LogP contribution < -0.4 is 0 Å². The molecule has 6 heteroatoms. The van der Waals surface area contributed by atoms with E-state index in [1.54, 1.807) is 0 Å². The highest BCUT2D eigenvalue weighted by atomic mass is 35.5. The molecule has 1 unspecified atom stereocenters. The zero-order chi connectivity index (χ0) is 19.3. The van der Waals surface area contributed by atoms with Gasteiger partial charge in [-0.25, -0.2) is 4.98 Å². The van der Waals surface area contributed by atoms with Crippen LogP contribution >= 0.6 is 46.6 Å². The number of aryl methyl sites for hydroxylation is 1. The highest BCUT2D eigenvalue weighted by Crippen LogP contribution is 2.37. The monoisotopic (exact) mass is 438 g/mol. The van der Waals surface area contributed by atoms with Crippen LogP contribution in [0.15, 0.2) is 61.2 Å². The van der Waals surface area contributed by atoms with Gasteiger partial charge in [0.1, 0.15) is 0 Å². The Hall–Kier alpha value is -1.13. The third-order valence-electron chi connectivity index (χ3n) is 4.55. The van der Waals surface area contributed by atoms with Crippen LogP contribution in [0.4, 0.5) is 0 Å². The number of halogens is 3. The van der Waals surface area contributed by atoms with E-state index in [-0.39, 0.29) is 4.75 Å². The fourth-order valence-electron chi connectivity index (χ4n) is 2.95. The van der Waals surface area contributed by atoms with E-state index in [0.717, 1.165) is 46.3 Å². The molecule has 0 saturated heterocycles. The quantitative estimate of drug-likeness (QED) is 0.370. The highest BCUT2D eigenvalue weighted by molar-refractivity contribution is 7.99. The van der Waals surface area contributed by atoms with Gasteiger partial charge in [-0.3, -0.25) is 0 Å². The Bertz CT molecular complexity index is 883. The molecular weight excluding hydrogens is 419 g/mol. The first kappa shape index (κ1) is 20.6. The number of nitrogens with zero attached hydrogens (tertiary/aromatic N) is 2. The van der Waals surface area contributed by atoms with Gasteiger partial charge >= 0.3 is 0 Å². The predicted molar refractivity (Wildman–Crippen MR) is 118 cm³/mol. The summed E-state index contributed by atoms with van der Waals surface area (Å²) in [5, 5.41) is 2.21. The molecule has 0 aliphatic rings. The summed E-state index contributed by atoms with van der Waals surface area (Å²) in [6.45, 7) is 3.16. The molecule has 0 aliphatic carbocycles. The summed E-state index contributed by atoms with van der Waals surface area (Å²) in [4.78, 5) is 4.18. The van der Waals surface area contributed by atoms with Crippen LogP contribution in [0.25, 0.3) is 0 Å². The molecule has 0 fully saturated rings. The van der Waals surface area contributed by atoms with E-state index in [9.17, 15) is 0 Å². The molecule has 0 spiro atoms. The van der Waals surface area contributed by atoms with E-state index >= 15 is 0 Å². The summed E-state index contributed by atoms with van der Waals surface area (Å²) in [5.74, 6) is 0.860. The molecule has 0 aliphatic heterocycles.